The molecule has 0 aliphatic heterocycles. The SMILES string of the molecule is CC1CCc2nc(NC(=O)/C=C/c3ccco3)sc2C1. The second-order valence-corrected chi connectivity index (χ2v) is 6.16. The lowest BCUT2D eigenvalue weighted by Gasteiger charge is -2.15. The van der Waals surface area contributed by atoms with E-state index in [0.717, 1.165) is 18.5 Å². The van der Waals surface area contributed by atoms with Crippen LogP contribution in [0.15, 0.2) is 28.9 Å². The Morgan fingerprint density at radius 3 is 3.30 bits per heavy atom. The van der Waals surface area contributed by atoms with E-state index >= 15 is 0 Å². The Kier molecular flexibility index (Phi) is 3.69. The van der Waals surface area contributed by atoms with Crippen LogP contribution in [-0.2, 0) is 17.6 Å². The molecule has 2 heterocycles. The Balaban J connectivity index is 1.64. The Bertz CT molecular complexity index is 628. The fourth-order valence-electron chi connectivity index (χ4n) is 2.28. The largest absolute Gasteiger partial charge is 0.465 e. The summed E-state index contributed by atoms with van der Waals surface area (Å²) >= 11 is 1.59. The van der Waals surface area contributed by atoms with Crippen LogP contribution >= 0.6 is 11.3 Å². The molecule has 2 aromatic rings. The van der Waals surface area contributed by atoms with E-state index in [2.05, 4.69) is 17.2 Å². The van der Waals surface area contributed by atoms with Crippen molar-refractivity contribution in [3.8, 4) is 0 Å². The highest BCUT2D eigenvalue weighted by Gasteiger charge is 2.20. The third-order valence-electron chi connectivity index (χ3n) is 3.36. The average molecular weight is 288 g/mol. The molecule has 1 aliphatic rings. The van der Waals surface area contributed by atoms with E-state index in [1.165, 1.54) is 17.4 Å². The van der Waals surface area contributed by atoms with Crippen molar-refractivity contribution in [2.45, 2.75) is 26.2 Å². The van der Waals surface area contributed by atoms with Crippen LogP contribution in [0.1, 0.15) is 29.7 Å². The van der Waals surface area contributed by atoms with Gasteiger partial charge in [0.1, 0.15) is 5.76 Å². The van der Waals surface area contributed by atoms with Crippen molar-refractivity contribution in [1.29, 1.82) is 0 Å². The number of aryl methyl sites for hydroxylation is 1. The highest BCUT2D eigenvalue weighted by molar-refractivity contribution is 7.15. The van der Waals surface area contributed by atoms with E-state index in [1.54, 1.807) is 35.8 Å². The van der Waals surface area contributed by atoms with E-state index < -0.39 is 0 Å². The van der Waals surface area contributed by atoms with Crippen molar-refractivity contribution < 1.29 is 9.21 Å². The molecule has 1 atom stereocenters. The van der Waals surface area contributed by atoms with Gasteiger partial charge in [0.15, 0.2) is 5.13 Å². The summed E-state index contributed by atoms with van der Waals surface area (Å²) in [6, 6.07) is 3.58. The molecule has 104 valence electrons. The van der Waals surface area contributed by atoms with Crippen molar-refractivity contribution in [3.05, 3.63) is 40.8 Å². The minimum Gasteiger partial charge on any atom is -0.465 e. The lowest BCUT2D eigenvalue weighted by molar-refractivity contribution is -0.111. The van der Waals surface area contributed by atoms with Crippen LogP contribution in [0.3, 0.4) is 0 Å². The highest BCUT2D eigenvalue weighted by Crippen LogP contribution is 2.32. The van der Waals surface area contributed by atoms with Gasteiger partial charge >= 0.3 is 0 Å². The molecule has 1 unspecified atom stereocenters. The molecule has 0 saturated carbocycles. The molecule has 4 nitrogen and oxygen atoms in total. The standard InChI is InChI=1S/C15H16N2O2S/c1-10-4-6-12-13(9-10)20-15(16-12)17-14(18)7-5-11-3-2-8-19-11/h2-3,5,7-8,10H,4,6,9H2,1H3,(H,16,17,18)/b7-5+. The number of aromatic nitrogens is 1. The Morgan fingerprint density at radius 1 is 1.60 bits per heavy atom. The first-order valence-electron chi connectivity index (χ1n) is 6.72. The zero-order valence-electron chi connectivity index (χ0n) is 11.3. The summed E-state index contributed by atoms with van der Waals surface area (Å²) in [5, 5.41) is 3.51. The Morgan fingerprint density at radius 2 is 2.50 bits per heavy atom. The molecule has 1 aliphatic carbocycles. The summed E-state index contributed by atoms with van der Waals surface area (Å²) in [4.78, 5) is 17.6. The molecule has 2 aromatic heterocycles. The maximum atomic E-state index is 11.8. The van der Waals surface area contributed by atoms with E-state index in [4.69, 9.17) is 4.42 Å². The minimum absolute atomic E-state index is 0.180. The van der Waals surface area contributed by atoms with Crippen molar-refractivity contribution in [3.63, 3.8) is 0 Å². The number of nitrogens with zero attached hydrogens (tertiary/aromatic N) is 1. The Labute approximate surface area is 121 Å². The zero-order chi connectivity index (χ0) is 13.9. The smallest absolute Gasteiger partial charge is 0.250 e. The molecule has 5 heteroatoms. The summed E-state index contributed by atoms with van der Waals surface area (Å²) < 4.78 is 5.13. The van der Waals surface area contributed by atoms with Gasteiger partial charge in [0.05, 0.1) is 12.0 Å². The van der Waals surface area contributed by atoms with Gasteiger partial charge in [0, 0.05) is 11.0 Å². The fourth-order valence-corrected chi connectivity index (χ4v) is 3.46. The number of rotatable bonds is 3. The summed E-state index contributed by atoms with van der Waals surface area (Å²) in [6.45, 7) is 2.26. The summed E-state index contributed by atoms with van der Waals surface area (Å²) in [6.07, 6.45) is 7.96. The highest BCUT2D eigenvalue weighted by atomic mass is 32.1. The molecule has 20 heavy (non-hydrogen) atoms. The van der Waals surface area contributed by atoms with Gasteiger partial charge < -0.3 is 4.42 Å². The number of fused-ring (bicyclic) bond motifs is 1. The van der Waals surface area contributed by atoms with Gasteiger partial charge in [0.25, 0.3) is 0 Å². The molecular formula is C15H16N2O2S. The number of hydrogen-bond acceptors (Lipinski definition) is 4. The quantitative estimate of drug-likeness (QED) is 0.879. The third-order valence-corrected chi connectivity index (χ3v) is 4.39. The second-order valence-electron chi connectivity index (χ2n) is 5.07. The first-order valence-corrected chi connectivity index (χ1v) is 7.53. The van der Waals surface area contributed by atoms with Crippen LogP contribution in [-0.4, -0.2) is 10.9 Å². The molecule has 0 fully saturated rings. The summed E-state index contributed by atoms with van der Waals surface area (Å²) in [7, 11) is 0. The number of hydrogen-bond donors (Lipinski definition) is 1. The molecule has 3 rings (SSSR count). The molecule has 0 saturated heterocycles. The van der Waals surface area contributed by atoms with Crippen LogP contribution < -0.4 is 5.32 Å². The molecule has 0 aromatic carbocycles. The van der Waals surface area contributed by atoms with Gasteiger partial charge in [-0.05, 0) is 43.4 Å². The maximum Gasteiger partial charge on any atom is 0.250 e. The second kappa shape index (κ2) is 5.63. The molecular weight excluding hydrogens is 272 g/mol. The van der Waals surface area contributed by atoms with E-state index in [9.17, 15) is 4.79 Å². The van der Waals surface area contributed by atoms with Crippen molar-refractivity contribution in [1.82, 2.24) is 4.98 Å². The number of furan rings is 1. The first-order chi connectivity index (χ1) is 9.70. The van der Waals surface area contributed by atoms with Crippen molar-refractivity contribution in [2.75, 3.05) is 5.32 Å². The van der Waals surface area contributed by atoms with Crippen LogP contribution in [0.4, 0.5) is 5.13 Å². The number of nitrogens with one attached hydrogen (secondary N) is 1. The number of anilines is 1. The van der Waals surface area contributed by atoms with Gasteiger partial charge in [-0.15, -0.1) is 11.3 Å². The van der Waals surface area contributed by atoms with Crippen LogP contribution in [0.5, 0.6) is 0 Å². The normalized spacial score (nSPS) is 18.1. The summed E-state index contributed by atoms with van der Waals surface area (Å²) in [5.41, 5.74) is 1.15. The predicted octanol–water partition coefficient (Wildman–Crippen LogP) is 3.51. The number of carbonyl (C=O) groups excluding carboxylic acids is 1. The van der Waals surface area contributed by atoms with E-state index in [-0.39, 0.29) is 5.91 Å². The topological polar surface area (TPSA) is 55.1 Å². The van der Waals surface area contributed by atoms with E-state index in [1.807, 2.05) is 0 Å². The third kappa shape index (κ3) is 2.99. The zero-order valence-corrected chi connectivity index (χ0v) is 12.1. The van der Waals surface area contributed by atoms with Gasteiger partial charge in [-0.25, -0.2) is 4.98 Å². The summed E-state index contributed by atoms with van der Waals surface area (Å²) in [5.74, 6) is 1.19. The minimum atomic E-state index is -0.180. The van der Waals surface area contributed by atoms with Crippen LogP contribution in [0, 0.1) is 5.92 Å². The monoisotopic (exact) mass is 288 g/mol. The Hall–Kier alpha value is -1.88. The molecule has 1 amide bonds. The maximum absolute atomic E-state index is 11.8. The number of thiazole rings is 1. The predicted molar refractivity (Wildman–Crippen MR) is 79.7 cm³/mol. The molecule has 0 radical (unpaired) electrons. The van der Waals surface area contributed by atoms with Crippen LogP contribution in [0.25, 0.3) is 6.08 Å². The van der Waals surface area contributed by atoms with Crippen LogP contribution in [0.2, 0.25) is 0 Å². The average Bonchev–Trinajstić information content (AvgIpc) is 3.04. The van der Waals surface area contributed by atoms with E-state index in [0.29, 0.717) is 16.8 Å². The van der Waals surface area contributed by atoms with Gasteiger partial charge in [-0.3, -0.25) is 10.1 Å². The first kappa shape index (κ1) is 13.1. The molecule has 0 bridgehead atoms. The lowest BCUT2D eigenvalue weighted by Crippen LogP contribution is -2.09. The van der Waals surface area contributed by atoms with Gasteiger partial charge in [-0.1, -0.05) is 6.92 Å². The number of carbonyl (C=O) groups is 1. The molecule has 1 N–H and O–H groups in total. The van der Waals surface area contributed by atoms with Gasteiger partial charge in [-0.2, -0.15) is 0 Å². The fraction of sp³-hybridized carbons (Fsp3) is 0.333. The molecule has 0 spiro atoms. The van der Waals surface area contributed by atoms with Crippen molar-refractivity contribution in [2.24, 2.45) is 5.92 Å². The number of amides is 1. The van der Waals surface area contributed by atoms with Gasteiger partial charge in [0.2, 0.25) is 5.91 Å². The lowest BCUT2D eigenvalue weighted by atomic mass is 9.93. The van der Waals surface area contributed by atoms with Crippen molar-refractivity contribution >= 4 is 28.5 Å².